The van der Waals surface area contributed by atoms with Crippen LogP contribution in [-0.4, -0.2) is 40.3 Å². The minimum absolute atomic E-state index is 0.321. The van der Waals surface area contributed by atoms with Gasteiger partial charge in [0, 0.05) is 32.4 Å². The van der Waals surface area contributed by atoms with Crippen LogP contribution in [0.5, 0.6) is 0 Å². The summed E-state index contributed by atoms with van der Waals surface area (Å²) in [6, 6.07) is 0.776. The van der Waals surface area contributed by atoms with Crippen molar-refractivity contribution in [3.63, 3.8) is 0 Å². The van der Waals surface area contributed by atoms with E-state index in [2.05, 4.69) is 5.32 Å². The van der Waals surface area contributed by atoms with Gasteiger partial charge < -0.3 is 24.3 Å². The first kappa shape index (κ1) is 16.8. The molecule has 0 fully saturated rings. The highest BCUT2D eigenvalue weighted by atomic mass is 32.1. The average molecular weight is 280 g/mol. The molecule has 0 saturated heterocycles. The summed E-state index contributed by atoms with van der Waals surface area (Å²) >= 11 is 4.74. The quantitative estimate of drug-likeness (QED) is 0.357. The molecule has 0 aliphatic heterocycles. The minimum Gasteiger partial charge on any atom is -0.376 e. The molecule has 0 heterocycles. The van der Waals surface area contributed by atoms with Gasteiger partial charge in [-0.15, -0.1) is 0 Å². The Kier molecular flexibility index (Phi) is 9.66. The predicted molar refractivity (Wildman–Crippen MR) is 74.8 cm³/mol. The van der Waals surface area contributed by atoms with Crippen LogP contribution in [0, 0.1) is 0 Å². The van der Waals surface area contributed by atoms with E-state index in [0.29, 0.717) is 24.9 Å². The maximum absolute atomic E-state index is 5.72. The Morgan fingerprint density at radius 3 is 1.94 bits per heavy atom. The molecule has 7 heteroatoms. The van der Waals surface area contributed by atoms with Crippen molar-refractivity contribution in [1.29, 1.82) is 0 Å². The SMILES string of the molecule is CCO[Si](CCCNC(N)=S)(OCC)OCC. The molecule has 0 aromatic rings. The van der Waals surface area contributed by atoms with Gasteiger partial charge in [0.25, 0.3) is 0 Å². The van der Waals surface area contributed by atoms with Crippen molar-refractivity contribution in [3.05, 3.63) is 0 Å². The van der Waals surface area contributed by atoms with Crippen LogP contribution in [0.2, 0.25) is 6.04 Å². The molecule has 0 rings (SSSR count). The second-order valence-corrected chi connectivity index (χ2v) is 6.55. The summed E-state index contributed by atoms with van der Waals surface area (Å²) in [5.41, 5.74) is 5.36. The van der Waals surface area contributed by atoms with Gasteiger partial charge in [-0.2, -0.15) is 0 Å². The van der Waals surface area contributed by atoms with E-state index in [1.807, 2.05) is 20.8 Å². The fourth-order valence-electron chi connectivity index (χ4n) is 1.52. The van der Waals surface area contributed by atoms with Crippen LogP contribution in [0.15, 0.2) is 0 Å². The van der Waals surface area contributed by atoms with E-state index in [1.54, 1.807) is 0 Å². The highest BCUT2D eigenvalue weighted by Gasteiger charge is 2.39. The lowest BCUT2D eigenvalue weighted by atomic mass is 10.5. The average Bonchev–Trinajstić information content (AvgIpc) is 2.25. The van der Waals surface area contributed by atoms with Gasteiger partial charge in [-0.1, -0.05) is 0 Å². The lowest BCUT2D eigenvalue weighted by Gasteiger charge is -2.28. The van der Waals surface area contributed by atoms with Crippen molar-refractivity contribution in [2.75, 3.05) is 26.4 Å². The zero-order valence-corrected chi connectivity index (χ0v) is 12.8. The Morgan fingerprint density at radius 1 is 1.12 bits per heavy atom. The molecular formula is C10H24N2O3SSi. The Labute approximate surface area is 110 Å². The van der Waals surface area contributed by atoms with E-state index in [4.69, 9.17) is 31.2 Å². The van der Waals surface area contributed by atoms with Gasteiger partial charge in [-0.25, -0.2) is 0 Å². The zero-order valence-electron chi connectivity index (χ0n) is 11.0. The molecule has 0 aromatic heterocycles. The number of nitrogens with one attached hydrogen (secondary N) is 1. The molecule has 3 N–H and O–H groups in total. The van der Waals surface area contributed by atoms with Crippen molar-refractivity contribution in [2.24, 2.45) is 5.73 Å². The minimum atomic E-state index is -2.49. The van der Waals surface area contributed by atoms with E-state index < -0.39 is 8.80 Å². The summed E-state index contributed by atoms with van der Waals surface area (Å²) < 4.78 is 17.2. The molecule has 0 spiro atoms. The van der Waals surface area contributed by atoms with Gasteiger partial charge in [0.2, 0.25) is 0 Å². The van der Waals surface area contributed by atoms with Crippen LogP contribution in [0.1, 0.15) is 27.2 Å². The molecular weight excluding hydrogens is 256 g/mol. The van der Waals surface area contributed by atoms with Crippen LogP contribution in [-0.2, 0) is 13.3 Å². The van der Waals surface area contributed by atoms with E-state index in [0.717, 1.165) is 19.0 Å². The molecule has 0 amide bonds. The number of thiocarbonyl (C=S) groups is 1. The maximum atomic E-state index is 5.72. The van der Waals surface area contributed by atoms with E-state index >= 15 is 0 Å². The zero-order chi connectivity index (χ0) is 13.1. The first-order chi connectivity index (χ1) is 8.10. The van der Waals surface area contributed by atoms with Crippen LogP contribution in [0.25, 0.3) is 0 Å². The molecule has 102 valence electrons. The summed E-state index contributed by atoms with van der Waals surface area (Å²) in [6.45, 7) is 8.39. The molecule has 5 nitrogen and oxygen atoms in total. The van der Waals surface area contributed by atoms with Crippen LogP contribution < -0.4 is 11.1 Å². The van der Waals surface area contributed by atoms with Crippen molar-refractivity contribution in [1.82, 2.24) is 5.32 Å². The van der Waals surface area contributed by atoms with E-state index in [9.17, 15) is 0 Å². The first-order valence-electron chi connectivity index (χ1n) is 6.05. The number of hydrogen-bond acceptors (Lipinski definition) is 4. The molecule has 0 aliphatic rings. The molecule has 0 radical (unpaired) electrons. The topological polar surface area (TPSA) is 65.7 Å². The Bertz CT molecular complexity index is 203. The molecule has 0 aliphatic carbocycles. The normalized spacial score (nSPS) is 11.5. The van der Waals surface area contributed by atoms with Crippen LogP contribution >= 0.6 is 12.2 Å². The summed E-state index contributed by atoms with van der Waals surface area (Å²) in [5, 5.41) is 3.23. The number of nitrogens with two attached hydrogens (primary N) is 1. The van der Waals surface area contributed by atoms with Crippen molar-refractivity contribution < 1.29 is 13.3 Å². The van der Waals surface area contributed by atoms with E-state index in [1.165, 1.54) is 0 Å². The second-order valence-electron chi connectivity index (χ2n) is 3.38. The van der Waals surface area contributed by atoms with Gasteiger partial charge in [-0.05, 0) is 39.4 Å². The summed E-state index contributed by atoms with van der Waals surface area (Å²) in [7, 11) is -2.49. The summed E-state index contributed by atoms with van der Waals surface area (Å²) in [5.74, 6) is 0. The molecule has 0 saturated carbocycles. The monoisotopic (exact) mass is 280 g/mol. The third-order valence-electron chi connectivity index (χ3n) is 2.05. The summed E-state index contributed by atoms with van der Waals surface area (Å²) in [6.07, 6.45) is 0.865. The van der Waals surface area contributed by atoms with Crippen molar-refractivity contribution in [3.8, 4) is 0 Å². The third kappa shape index (κ3) is 7.66. The van der Waals surface area contributed by atoms with Gasteiger partial charge in [0.05, 0.1) is 0 Å². The Hall–Kier alpha value is -0.213. The van der Waals surface area contributed by atoms with Crippen LogP contribution in [0.4, 0.5) is 0 Å². The van der Waals surface area contributed by atoms with Crippen LogP contribution in [0.3, 0.4) is 0 Å². The molecule has 0 aromatic carbocycles. The highest BCUT2D eigenvalue weighted by Crippen LogP contribution is 2.17. The number of rotatable bonds is 10. The fourth-order valence-corrected chi connectivity index (χ4v) is 4.23. The molecule has 17 heavy (non-hydrogen) atoms. The lowest BCUT2D eigenvalue weighted by molar-refractivity contribution is 0.0709. The lowest BCUT2D eigenvalue weighted by Crippen LogP contribution is -2.46. The standard InChI is InChI=1S/C10H24N2O3SSi/c1-4-13-17(14-5-2,15-6-3)9-7-8-12-10(11)16/h4-9H2,1-3H3,(H3,11,12,16). The summed E-state index contributed by atoms with van der Waals surface area (Å²) in [4.78, 5) is 0. The van der Waals surface area contributed by atoms with Gasteiger partial charge in [0.15, 0.2) is 5.11 Å². The van der Waals surface area contributed by atoms with E-state index in [-0.39, 0.29) is 0 Å². The van der Waals surface area contributed by atoms with Crippen molar-refractivity contribution in [2.45, 2.75) is 33.2 Å². The van der Waals surface area contributed by atoms with Crippen molar-refractivity contribution >= 4 is 26.1 Å². The number of hydrogen-bond donors (Lipinski definition) is 2. The highest BCUT2D eigenvalue weighted by molar-refractivity contribution is 7.80. The Balaban J connectivity index is 4.18. The first-order valence-corrected chi connectivity index (χ1v) is 8.39. The largest absolute Gasteiger partial charge is 0.500 e. The molecule has 0 unspecified atom stereocenters. The smallest absolute Gasteiger partial charge is 0.376 e. The van der Waals surface area contributed by atoms with Gasteiger partial charge >= 0.3 is 8.80 Å². The molecule has 0 atom stereocenters. The van der Waals surface area contributed by atoms with Gasteiger partial charge in [-0.3, -0.25) is 0 Å². The maximum Gasteiger partial charge on any atom is 0.500 e. The second kappa shape index (κ2) is 9.78. The van der Waals surface area contributed by atoms with Gasteiger partial charge in [0.1, 0.15) is 0 Å². The Morgan fingerprint density at radius 2 is 1.59 bits per heavy atom. The third-order valence-corrected chi connectivity index (χ3v) is 5.35. The fraction of sp³-hybridized carbons (Fsp3) is 0.900. The predicted octanol–water partition coefficient (Wildman–Crippen LogP) is 1.26. The molecule has 0 bridgehead atoms.